The van der Waals surface area contributed by atoms with E-state index in [-0.39, 0.29) is 17.4 Å². The zero-order chi connectivity index (χ0) is 19.8. The summed E-state index contributed by atoms with van der Waals surface area (Å²) in [4.78, 5) is 33.2. The van der Waals surface area contributed by atoms with Crippen LogP contribution >= 0.6 is 0 Å². The molecular weight excluding hydrogens is 355 g/mol. The molecule has 0 fully saturated rings. The van der Waals surface area contributed by atoms with Crippen LogP contribution in [0.4, 0.5) is 10.1 Å². The third-order valence-corrected chi connectivity index (χ3v) is 3.77. The molecule has 2 aromatic carbocycles. The third-order valence-electron chi connectivity index (χ3n) is 3.77. The van der Waals surface area contributed by atoms with Gasteiger partial charge in [0.15, 0.2) is 18.1 Å². The number of rotatable bonds is 9. The Morgan fingerprint density at radius 1 is 1.19 bits per heavy atom. The number of aryl methyl sites for hydroxylation is 1. The minimum atomic E-state index is -0.699. The van der Waals surface area contributed by atoms with E-state index in [1.165, 1.54) is 6.92 Å². The number of carbonyl (C=O) groups is 2. The summed E-state index contributed by atoms with van der Waals surface area (Å²) in [6.45, 7) is 1.60. The number of amides is 1. The van der Waals surface area contributed by atoms with Gasteiger partial charge in [-0.05, 0) is 24.5 Å². The molecule has 1 amide bonds. The lowest BCUT2D eigenvalue weighted by Gasteiger charge is -2.07. The number of halogens is 1. The Hall–Kier alpha value is -3.29. The van der Waals surface area contributed by atoms with Crippen molar-refractivity contribution in [3.05, 3.63) is 69.5 Å². The first kappa shape index (κ1) is 20.0. The SMILES string of the molecule is CC(=O)NCCCc1ccc(C(=O)COc2cc(F)ccc2[N+](=O)[O-])cc1. The Balaban J connectivity index is 1.92. The van der Waals surface area contributed by atoms with Gasteiger partial charge in [0.25, 0.3) is 0 Å². The minimum absolute atomic E-state index is 0.0746. The van der Waals surface area contributed by atoms with Crippen LogP contribution in [-0.4, -0.2) is 29.8 Å². The van der Waals surface area contributed by atoms with Gasteiger partial charge in [0, 0.05) is 31.2 Å². The predicted molar refractivity (Wildman–Crippen MR) is 96.3 cm³/mol. The molecule has 0 unspecified atom stereocenters. The zero-order valence-corrected chi connectivity index (χ0v) is 14.7. The maximum absolute atomic E-state index is 13.3. The third kappa shape index (κ3) is 6.18. The van der Waals surface area contributed by atoms with Crippen LogP contribution in [0.3, 0.4) is 0 Å². The second-order valence-corrected chi connectivity index (χ2v) is 5.86. The fraction of sp³-hybridized carbons (Fsp3) is 0.263. The highest BCUT2D eigenvalue weighted by molar-refractivity contribution is 5.97. The van der Waals surface area contributed by atoms with E-state index in [2.05, 4.69) is 5.32 Å². The van der Waals surface area contributed by atoms with E-state index in [1.807, 2.05) is 0 Å². The lowest BCUT2D eigenvalue weighted by molar-refractivity contribution is -0.385. The van der Waals surface area contributed by atoms with Crippen molar-refractivity contribution in [1.29, 1.82) is 0 Å². The Morgan fingerprint density at radius 2 is 1.89 bits per heavy atom. The van der Waals surface area contributed by atoms with E-state index < -0.39 is 23.0 Å². The highest BCUT2D eigenvalue weighted by Gasteiger charge is 2.17. The molecule has 0 heterocycles. The van der Waals surface area contributed by atoms with Gasteiger partial charge in [-0.25, -0.2) is 4.39 Å². The number of carbonyl (C=O) groups excluding carboxylic acids is 2. The summed E-state index contributed by atoms with van der Waals surface area (Å²) in [5, 5.41) is 13.6. The van der Waals surface area contributed by atoms with E-state index in [0.29, 0.717) is 12.1 Å². The van der Waals surface area contributed by atoms with Crippen molar-refractivity contribution in [2.45, 2.75) is 19.8 Å². The Kier molecular flexibility index (Phi) is 6.99. The summed E-state index contributed by atoms with van der Waals surface area (Å²) in [6.07, 6.45) is 1.53. The summed E-state index contributed by atoms with van der Waals surface area (Å²) >= 11 is 0. The number of nitro benzene ring substituents is 1. The van der Waals surface area contributed by atoms with Crippen molar-refractivity contribution in [1.82, 2.24) is 5.32 Å². The van der Waals surface area contributed by atoms with Crippen molar-refractivity contribution < 1.29 is 23.6 Å². The molecule has 8 heteroatoms. The molecule has 0 radical (unpaired) electrons. The summed E-state index contributed by atoms with van der Waals surface area (Å²) in [5.41, 5.74) is 0.997. The molecule has 0 atom stereocenters. The van der Waals surface area contributed by atoms with Gasteiger partial charge in [-0.15, -0.1) is 0 Å². The monoisotopic (exact) mass is 374 g/mol. The normalized spacial score (nSPS) is 10.3. The number of hydrogen-bond acceptors (Lipinski definition) is 5. The highest BCUT2D eigenvalue weighted by atomic mass is 19.1. The molecule has 7 nitrogen and oxygen atoms in total. The van der Waals surface area contributed by atoms with Crippen molar-refractivity contribution >= 4 is 17.4 Å². The van der Waals surface area contributed by atoms with Crippen LogP contribution in [-0.2, 0) is 11.2 Å². The summed E-state index contributed by atoms with van der Waals surface area (Å²) in [6, 6.07) is 9.70. The van der Waals surface area contributed by atoms with Crippen LogP contribution in [0.15, 0.2) is 42.5 Å². The summed E-state index contributed by atoms with van der Waals surface area (Å²) in [5.74, 6) is -1.43. The maximum atomic E-state index is 13.3. The Morgan fingerprint density at radius 3 is 2.52 bits per heavy atom. The number of nitrogens with one attached hydrogen (secondary N) is 1. The van der Waals surface area contributed by atoms with Crippen LogP contribution in [0, 0.1) is 15.9 Å². The second kappa shape index (κ2) is 9.42. The number of ketones is 1. The minimum Gasteiger partial charge on any atom is -0.478 e. The van der Waals surface area contributed by atoms with Gasteiger partial charge in [0.2, 0.25) is 5.91 Å². The first-order valence-corrected chi connectivity index (χ1v) is 8.30. The van der Waals surface area contributed by atoms with Gasteiger partial charge in [0.1, 0.15) is 5.82 Å². The van der Waals surface area contributed by atoms with E-state index in [4.69, 9.17) is 4.74 Å². The van der Waals surface area contributed by atoms with Crippen LogP contribution < -0.4 is 10.1 Å². The molecule has 0 spiro atoms. The highest BCUT2D eigenvalue weighted by Crippen LogP contribution is 2.27. The smallest absolute Gasteiger partial charge is 0.311 e. The van der Waals surface area contributed by atoms with E-state index in [1.54, 1.807) is 24.3 Å². The van der Waals surface area contributed by atoms with Crippen molar-refractivity contribution in [3.63, 3.8) is 0 Å². The summed E-state index contributed by atoms with van der Waals surface area (Å²) in [7, 11) is 0. The number of Topliss-reactive ketones (excluding diaryl/α,β-unsaturated/α-hetero) is 1. The fourth-order valence-corrected chi connectivity index (χ4v) is 2.40. The molecule has 0 saturated heterocycles. The summed E-state index contributed by atoms with van der Waals surface area (Å²) < 4.78 is 18.4. The van der Waals surface area contributed by atoms with Gasteiger partial charge >= 0.3 is 5.69 Å². The number of nitrogens with zero attached hydrogens (tertiary/aromatic N) is 1. The molecular formula is C19H19FN2O5. The molecule has 0 aliphatic carbocycles. The largest absolute Gasteiger partial charge is 0.478 e. The van der Waals surface area contributed by atoms with Gasteiger partial charge in [-0.1, -0.05) is 24.3 Å². The number of ether oxygens (including phenoxy) is 1. The Bertz CT molecular complexity index is 836. The van der Waals surface area contributed by atoms with Crippen LogP contribution in [0.2, 0.25) is 0 Å². The lowest BCUT2D eigenvalue weighted by atomic mass is 10.1. The average Bonchev–Trinajstić information content (AvgIpc) is 2.63. The van der Waals surface area contributed by atoms with Gasteiger partial charge in [0.05, 0.1) is 4.92 Å². The van der Waals surface area contributed by atoms with E-state index in [9.17, 15) is 24.1 Å². The molecule has 0 aliphatic rings. The lowest BCUT2D eigenvalue weighted by Crippen LogP contribution is -2.21. The molecule has 2 aromatic rings. The predicted octanol–water partition coefficient (Wildman–Crippen LogP) is 3.06. The van der Waals surface area contributed by atoms with Crippen molar-refractivity contribution in [2.24, 2.45) is 0 Å². The molecule has 142 valence electrons. The first-order chi connectivity index (χ1) is 12.9. The molecule has 27 heavy (non-hydrogen) atoms. The quantitative estimate of drug-likeness (QED) is 0.315. The van der Waals surface area contributed by atoms with Crippen molar-refractivity contribution in [2.75, 3.05) is 13.2 Å². The average molecular weight is 374 g/mol. The maximum Gasteiger partial charge on any atom is 0.311 e. The van der Waals surface area contributed by atoms with Crippen LogP contribution in [0.5, 0.6) is 5.75 Å². The van der Waals surface area contributed by atoms with Crippen molar-refractivity contribution in [3.8, 4) is 5.75 Å². The first-order valence-electron chi connectivity index (χ1n) is 8.30. The molecule has 0 bridgehead atoms. The number of benzene rings is 2. The van der Waals surface area contributed by atoms with Crippen LogP contribution in [0.25, 0.3) is 0 Å². The van der Waals surface area contributed by atoms with Crippen LogP contribution in [0.1, 0.15) is 29.3 Å². The van der Waals surface area contributed by atoms with E-state index >= 15 is 0 Å². The molecule has 2 rings (SSSR count). The zero-order valence-electron chi connectivity index (χ0n) is 14.7. The van der Waals surface area contributed by atoms with Gasteiger partial charge < -0.3 is 10.1 Å². The molecule has 0 aromatic heterocycles. The topological polar surface area (TPSA) is 98.5 Å². The second-order valence-electron chi connectivity index (χ2n) is 5.86. The number of nitro groups is 1. The molecule has 0 saturated carbocycles. The van der Waals surface area contributed by atoms with Gasteiger partial charge in [-0.3, -0.25) is 19.7 Å². The standard InChI is InChI=1S/C19H19FN2O5/c1-13(23)21-10-2-3-14-4-6-15(7-5-14)18(24)12-27-19-11-16(20)8-9-17(19)22(25)26/h4-9,11H,2-3,10,12H2,1H3,(H,21,23). The number of hydrogen-bond donors (Lipinski definition) is 1. The Labute approximate surface area is 155 Å². The van der Waals surface area contributed by atoms with Gasteiger partial charge in [-0.2, -0.15) is 0 Å². The molecule has 1 N–H and O–H groups in total. The molecule has 0 aliphatic heterocycles. The van der Waals surface area contributed by atoms with E-state index in [0.717, 1.165) is 36.6 Å². The fourth-order valence-electron chi connectivity index (χ4n) is 2.40.